The fraction of sp³-hybridized carbons (Fsp3) is 0.650. The van der Waals surface area contributed by atoms with Crippen LogP contribution in [0, 0.1) is 5.92 Å². The lowest BCUT2D eigenvalue weighted by Crippen LogP contribution is -2.66. The molecule has 0 radical (unpaired) electrons. The van der Waals surface area contributed by atoms with Gasteiger partial charge >= 0.3 is 7.82 Å². The summed E-state index contributed by atoms with van der Waals surface area (Å²) in [5.41, 5.74) is 2.25. The van der Waals surface area contributed by atoms with E-state index in [-0.39, 0.29) is 17.7 Å². The van der Waals surface area contributed by atoms with E-state index in [1.807, 2.05) is 0 Å². The van der Waals surface area contributed by atoms with Crippen LogP contribution < -0.4 is 9.47 Å². The maximum Gasteiger partial charge on any atom is 0.469 e. The summed E-state index contributed by atoms with van der Waals surface area (Å²) in [5, 5.41) is 0. The number of likely N-dealkylation sites (tertiary alicyclic amines) is 1. The van der Waals surface area contributed by atoms with E-state index in [1.165, 1.54) is 0 Å². The first-order valence-corrected chi connectivity index (χ1v) is 11.6. The number of piperidine rings is 1. The summed E-state index contributed by atoms with van der Waals surface area (Å²) in [6, 6.07) is 2.01. The van der Waals surface area contributed by atoms with Crippen molar-refractivity contribution in [2.45, 2.75) is 56.3 Å². The average Bonchev–Trinajstić information content (AvgIpc) is 2.99. The second kappa shape index (κ2) is 6.28. The van der Waals surface area contributed by atoms with Crippen molar-refractivity contribution in [3.63, 3.8) is 0 Å². The van der Waals surface area contributed by atoms with Crippen LogP contribution in [0.5, 0.6) is 11.5 Å². The van der Waals surface area contributed by atoms with Gasteiger partial charge in [0.1, 0.15) is 12.2 Å². The molecule has 8 nitrogen and oxygen atoms in total. The summed E-state index contributed by atoms with van der Waals surface area (Å²) in [5.74, 6) is 1.39. The van der Waals surface area contributed by atoms with E-state index in [0.29, 0.717) is 23.5 Å². The molecule has 0 amide bonds. The van der Waals surface area contributed by atoms with Crippen molar-refractivity contribution in [2.75, 3.05) is 20.7 Å². The molecular weight excluding hydrogens is 397 g/mol. The van der Waals surface area contributed by atoms with Gasteiger partial charge in [0.2, 0.25) is 0 Å². The molecule has 2 fully saturated rings. The second-order valence-corrected chi connectivity index (χ2v) is 9.96. The number of carbonyl (C=O) groups is 1. The molecule has 4 aliphatic rings. The Labute approximate surface area is 169 Å². The minimum atomic E-state index is -4.66. The average molecular weight is 423 g/mol. The highest BCUT2D eigenvalue weighted by atomic mass is 31.2. The molecule has 9 heteroatoms. The van der Waals surface area contributed by atoms with Crippen molar-refractivity contribution in [1.82, 2.24) is 4.90 Å². The van der Waals surface area contributed by atoms with Crippen molar-refractivity contribution >= 4 is 13.6 Å². The number of ether oxygens (including phenoxy) is 2. The molecule has 2 heterocycles. The summed E-state index contributed by atoms with van der Waals surface area (Å²) in [6.45, 7) is 2.42. The van der Waals surface area contributed by atoms with Crippen LogP contribution in [-0.4, -0.2) is 59.4 Å². The zero-order valence-electron chi connectivity index (χ0n) is 16.8. The molecule has 2 aliphatic heterocycles. The standard InChI is InChI=1S/C20H26NO7P/c1-10(22)11-9-16(26-3)18-17-12(11)8-14-13-4-5-15(28-29(23,24)25)19(27-18)20(13,17)6-7-21(14)2/h9,13-15,19H,4-8H2,1-3H3,(H2,23,24,25)/t13-,14+,15-,19-,20-/m0/s1. The number of ketones is 1. The van der Waals surface area contributed by atoms with Gasteiger partial charge in [0, 0.05) is 22.6 Å². The second-order valence-electron chi connectivity index (χ2n) is 8.76. The van der Waals surface area contributed by atoms with Gasteiger partial charge in [-0.1, -0.05) is 0 Å². The predicted molar refractivity (Wildman–Crippen MR) is 103 cm³/mol. The van der Waals surface area contributed by atoms with Gasteiger partial charge in [-0.15, -0.1) is 0 Å². The van der Waals surface area contributed by atoms with Crippen molar-refractivity contribution < 1.29 is 33.1 Å². The molecule has 1 saturated carbocycles. The Balaban J connectivity index is 1.75. The molecular formula is C20H26NO7P. The number of carbonyl (C=O) groups excluding carboxylic acids is 1. The van der Waals surface area contributed by atoms with E-state index in [9.17, 15) is 19.1 Å². The Morgan fingerprint density at radius 1 is 1.38 bits per heavy atom. The quantitative estimate of drug-likeness (QED) is 0.560. The monoisotopic (exact) mass is 423 g/mol. The third kappa shape index (κ3) is 2.60. The lowest BCUT2D eigenvalue weighted by molar-refractivity contribution is -0.0965. The number of hydrogen-bond donors (Lipinski definition) is 2. The molecule has 5 rings (SSSR count). The maximum atomic E-state index is 12.5. The van der Waals surface area contributed by atoms with E-state index < -0.39 is 25.4 Å². The normalized spacial score (nSPS) is 35.1. The van der Waals surface area contributed by atoms with Crippen molar-refractivity contribution in [1.29, 1.82) is 0 Å². The van der Waals surface area contributed by atoms with Gasteiger partial charge in [-0.3, -0.25) is 9.32 Å². The van der Waals surface area contributed by atoms with Crippen LogP contribution in [0.3, 0.4) is 0 Å². The summed E-state index contributed by atoms with van der Waals surface area (Å²) in [7, 11) is -0.999. The lowest BCUT2D eigenvalue weighted by Gasteiger charge is -2.58. The summed E-state index contributed by atoms with van der Waals surface area (Å²) < 4.78 is 28.9. The predicted octanol–water partition coefficient (Wildman–Crippen LogP) is 2.04. The Bertz CT molecular complexity index is 943. The first kappa shape index (κ1) is 19.5. The molecule has 1 spiro atoms. The number of nitrogens with zero attached hydrogens (tertiary/aromatic N) is 1. The first-order chi connectivity index (χ1) is 13.7. The van der Waals surface area contributed by atoms with Crippen LogP contribution in [0.4, 0.5) is 0 Å². The highest BCUT2D eigenvalue weighted by molar-refractivity contribution is 7.46. The molecule has 158 valence electrons. The fourth-order valence-electron chi connectivity index (χ4n) is 6.51. The molecule has 1 aromatic carbocycles. The number of hydrogen-bond acceptors (Lipinski definition) is 6. The van der Waals surface area contributed by atoms with E-state index >= 15 is 0 Å². The maximum absolute atomic E-state index is 12.5. The van der Waals surface area contributed by atoms with Gasteiger partial charge < -0.3 is 24.2 Å². The van der Waals surface area contributed by atoms with Gasteiger partial charge in [0.15, 0.2) is 17.3 Å². The van der Waals surface area contributed by atoms with Crippen LogP contribution in [0.25, 0.3) is 0 Å². The number of phosphoric ester groups is 1. The minimum absolute atomic E-state index is 0.0149. The number of likely N-dealkylation sites (N-methyl/N-ethyl adjacent to an activating group) is 1. The Morgan fingerprint density at radius 2 is 2.14 bits per heavy atom. The topological polar surface area (TPSA) is 106 Å². The summed E-state index contributed by atoms with van der Waals surface area (Å²) >= 11 is 0. The molecule has 1 aromatic rings. The molecule has 29 heavy (non-hydrogen) atoms. The third-order valence-electron chi connectivity index (χ3n) is 7.53. The van der Waals surface area contributed by atoms with E-state index in [2.05, 4.69) is 11.9 Å². The smallest absolute Gasteiger partial charge is 0.469 e. The highest BCUT2D eigenvalue weighted by Crippen LogP contribution is 2.65. The zero-order valence-corrected chi connectivity index (χ0v) is 17.6. The van der Waals surface area contributed by atoms with Crippen molar-refractivity contribution in [3.8, 4) is 11.5 Å². The number of benzene rings is 1. The van der Waals surface area contributed by atoms with Gasteiger partial charge in [0.05, 0.1) is 7.11 Å². The van der Waals surface area contributed by atoms with Gasteiger partial charge in [-0.05, 0) is 63.7 Å². The number of rotatable bonds is 4. The van der Waals surface area contributed by atoms with Gasteiger partial charge in [-0.25, -0.2) is 4.57 Å². The van der Waals surface area contributed by atoms with Crippen LogP contribution in [-0.2, 0) is 20.9 Å². The largest absolute Gasteiger partial charge is 0.493 e. The third-order valence-corrected chi connectivity index (χ3v) is 8.07. The number of Topliss-reactive ketones (excluding diaryl/α,β-unsaturated/α-hetero) is 1. The SMILES string of the molecule is COc1cc(C(C)=O)c2c3c1O[C@H]1[C@@H](OP(=O)(O)O)CC[C@H]4[C@@H](C2)N(C)CC[C@@]341. The first-order valence-electron chi connectivity index (χ1n) is 10.0. The summed E-state index contributed by atoms with van der Waals surface area (Å²) in [4.78, 5) is 33.8. The number of methoxy groups -OCH3 is 1. The van der Waals surface area contributed by atoms with Crippen molar-refractivity contribution in [2.24, 2.45) is 5.92 Å². The van der Waals surface area contributed by atoms with Crippen LogP contribution >= 0.6 is 7.82 Å². The van der Waals surface area contributed by atoms with Crippen LogP contribution in [0.2, 0.25) is 0 Å². The lowest BCUT2D eigenvalue weighted by atomic mass is 9.51. The molecule has 2 N–H and O–H groups in total. The Kier molecular flexibility index (Phi) is 4.23. The summed E-state index contributed by atoms with van der Waals surface area (Å²) in [6.07, 6.45) is 1.67. The van der Waals surface area contributed by atoms with Gasteiger partial charge in [-0.2, -0.15) is 0 Å². The van der Waals surface area contributed by atoms with Gasteiger partial charge in [0.25, 0.3) is 0 Å². The highest BCUT2D eigenvalue weighted by Gasteiger charge is 2.66. The van der Waals surface area contributed by atoms with Crippen LogP contribution in [0.15, 0.2) is 6.07 Å². The fourth-order valence-corrected chi connectivity index (χ4v) is 7.08. The van der Waals surface area contributed by atoms with Crippen molar-refractivity contribution in [3.05, 3.63) is 22.8 Å². The molecule has 5 atom stereocenters. The minimum Gasteiger partial charge on any atom is -0.493 e. The molecule has 2 aliphatic carbocycles. The zero-order chi connectivity index (χ0) is 20.7. The Morgan fingerprint density at radius 3 is 2.79 bits per heavy atom. The number of phosphoric acid groups is 1. The van der Waals surface area contributed by atoms with E-state index in [4.69, 9.17) is 14.0 Å². The molecule has 1 saturated heterocycles. The van der Waals surface area contributed by atoms with Crippen LogP contribution in [0.1, 0.15) is 47.7 Å². The Hall–Kier alpha value is -1.44. The van der Waals surface area contributed by atoms with E-state index in [1.54, 1.807) is 20.1 Å². The van der Waals surface area contributed by atoms with E-state index in [0.717, 1.165) is 36.9 Å². The molecule has 0 aromatic heterocycles. The molecule has 2 bridgehead atoms. The molecule has 0 unspecified atom stereocenters.